The summed E-state index contributed by atoms with van der Waals surface area (Å²) in [4.78, 5) is 48.2. The number of hydrogen-bond acceptors (Lipinski definition) is 5. The van der Waals surface area contributed by atoms with Crippen LogP contribution < -0.4 is 5.32 Å². The second-order valence-corrected chi connectivity index (χ2v) is 13.6. The van der Waals surface area contributed by atoms with Crippen LogP contribution in [0.4, 0.5) is 15.3 Å². The molecule has 4 aromatic rings. The molecule has 47 heavy (non-hydrogen) atoms. The van der Waals surface area contributed by atoms with Gasteiger partial charge in [-0.05, 0) is 104 Å². The molecular weight excluding hydrogens is 594 g/mol. The number of H-pyrrole nitrogens is 1. The molecule has 7 rings (SSSR count). The number of ether oxygens (including phenoxy) is 1. The van der Waals surface area contributed by atoms with Crippen LogP contribution in [-0.4, -0.2) is 67.7 Å². The van der Waals surface area contributed by atoms with Crippen LogP contribution in [0.15, 0.2) is 66.9 Å². The van der Waals surface area contributed by atoms with E-state index in [9.17, 15) is 19.5 Å². The van der Waals surface area contributed by atoms with E-state index in [1.807, 2.05) is 45.2 Å². The Balaban J connectivity index is 1.03. The number of aromatic amines is 1. The fraction of sp³-hybridized carbons (Fsp3) is 0.351. The lowest BCUT2D eigenvalue weighted by molar-refractivity contribution is -0.119. The number of likely N-dealkylation sites (tertiary alicyclic amines) is 2. The summed E-state index contributed by atoms with van der Waals surface area (Å²) in [6, 6.07) is 20.1. The maximum atomic E-state index is 12.9. The van der Waals surface area contributed by atoms with Crippen LogP contribution in [0.1, 0.15) is 69.4 Å². The lowest BCUT2D eigenvalue weighted by Gasteiger charge is -2.27. The van der Waals surface area contributed by atoms with E-state index in [4.69, 9.17) is 4.74 Å². The van der Waals surface area contributed by atoms with Crippen LogP contribution in [0, 0.1) is 0 Å². The van der Waals surface area contributed by atoms with Crippen molar-refractivity contribution >= 4 is 23.8 Å². The number of carbonyl (C=O) groups is 3. The number of hydrogen-bond donors (Lipinski definition) is 3. The smallest absolute Gasteiger partial charge is 0.410 e. The van der Waals surface area contributed by atoms with E-state index in [1.165, 1.54) is 16.0 Å². The van der Waals surface area contributed by atoms with Crippen LogP contribution in [0.3, 0.4) is 0 Å². The van der Waals surface area contributed by atoms with Gasteiger partial charge in [0.2, 0.25) is 5.91 Å². The highest BCUT2D eigenvalue weighted by Gasteiger charge is 2.36. The summed E-state index contributed by atoms with van der Waals surface area (Å²) in [7, 11) is 0. The summed E-state index contributed by atoms with van der Waals surface area (Å²) in [6.45, 7) is 6.67. The summed E-state index contributed by atoms with van der Waals surface area (Å²) >= 11 is 0. The zero-order chi connectivity index (χ0) is 32.9. The Morgan fingerprint density at radius 3 is 2.28 bits per heavy atom. The van der Waals surface area contributed by atoms with Gasteiger partial charge in [0.15, 0.2) is 0 Å². The molecule has 3 aliphatic rings. The van der Waals surface area contributed by atoms with Crippen molar-refractivity contribution in [1.82, 2.24) is 19.8 Å². The molecule has 3 heterocycles. The molecule has 3 N–H and O–H groups in total. The molecular formula is C37H39N5O5. The molecule has 10 heteroatoms. The van der Waals surface area contributed by atoms with Gasteiger partial charge in [-0.2, -0.15) is 0 Å². The number of carbonyl (C=O) groups excluding carboxylic acids is 2. The first-order valence-electron chi connectivity index (χ1n) is 16.3. The largest absolute Gasteiger partial charge is 0.465 e. The molecule has 2 aliphatic heterocycles. The molecule has 3 aromatic carbocycles. The van der Waals surface area contributed by atoms with Gasteiger partial charge in [0, 0.05) is 18.8 Å². The van der Waals surface area contributed by atoms with E-state index in [2.05, 4.69) is 57.7 Å². The minimum absolute atomic E-state index is 0.129. The number of fused-ring (bicyclic) bond motifs is 3. The molecule has 0 bridgehead atoms. The van der Waals surface area contributed by atoms with E-state index in [-0.39, 0.29) is 18.0 Å². The van der Waals surface area contributed by atoms with Crippen molar-refractivity contribution in [2.75, 3.05) is 18.4 Å². The Morgan fingerprint density at radius 2 is 1.53 bits per heavy atom. The number of imidazole rings is 1. The number of nitrogens with one attached hydrogen (secondary N) is 2. The van der Waals surface area contributed by atoms with Gasteiger partial charge in [-0.3, -0.25) is 14.6 Å². The molecule has 0 saturated carbocycles. The van der Waals surface area contributed by atoms with E-state index >= 15 is 0 Å². The summed E-state index contributed by atoms with van der Waals surface area (Å²) in [5, 5.41) is 12.4. The molecule has 2 fully saturated rings. The quantitative estimate of drug-likeness (QED) is 0.184. The molecule has 3 amide bonds. The summed E-state index contributed by atoms with van der Waals surface area (Å²) < 4.78 is 5.62. The fourth-order valence-corrected chi connectivity index (χ4v) is 7.05. The Morgan fingerprint density at radius 1 is 0.872 bits per heavy atom. The van der Waals surface area contributed by atoms with Crippen molar-refractivity contribution in [2.45, 2.75) is 70.6 Å². The topological polar surface area (TPSA) is 128 Å². The normalized spacial score (nSPS) is 18.6. The second kappa shape index (κ2) is 11.9. The number of anilines is 1. The molecule has 0 spiro atoms. The van der Waals surface area contributed by atoms with Gasteiger partial charge >= 0.3 is 12.2 Å². The van der Waals surface area contributed by atoms with E-state index in [0.717, 1.165) is 58.6 Å². The Hall–Kier alpha value is -5.12. The maximum Gasteiger partial charge on any atom is 0.410 e. The predicted octanol–water partition coefficient (Wildman–Crippen LogP) is 7.47. The molecule has 1 aromatic heterocycles. The lowest BCUT2D eigenvalue weighted by Crippen LogP contribution is -2.42. The van der Waals surface area contributed by atoms with Crippen molar-refractivity contribution in [3.63, 3.8) is 0 Å². The summed E-state index contributed by atoms with van der Waals surface area (Å²) in [5.74, 6) is 0.493. The predicted molar refractivity (Wildman–Crippen MR) is 179 cm³/mol. The van der Waals surface area contributed by atoms with Gasteiger partial charge in [-0.1, -0.05) is 48.5 Å². The van der Waals surface area contributed by atoms with Crippen molar-refractivity contribution in [3.8, 4) is 33.5 Å². The first-order valence-corrected chi connectivity index (χ1v) is 16.3. The molecule has 1 aliphatic carbocycles. The van der Waals surface area contributed by atoms with Crippen molar-refractivity contribution < 1.29 is 24.2 Å². The number of carboxylic acid groups (broad SMARTS) is 1. The third kappa shape index (κ3) is 6.07. The number of nitrogens with zero attached hydrogens (tertiary/aromatic N) is 3. The van der Waals surface area contributed by atoms with Crippen molar-refractivity contribution in [2.24, 2.45) is 0 Å². The number of benzene rings is 3. The first-order chi connectivity index (χ1) is 22.5. The number of aromatic nitrogens is 2. The summed E-state index contributed by atoms with van der Waals surface area (Å²) in [6.07, 6.45) is 4.20. The van der Waals surface area contributed by atoms with Gasteiger partial charge in [0.25, 0.3) is 0 Å². The van der Waals surface area contributed by atoms with Gasteiger partial charge in [0.1, 0.15) is 17.5 Å². The van der Waals surface area contributed by atoms with Crippen LogP contribution in [0.5, 0.6) is 0 Å². The third-order valence-electron chi connectivity index (χ3n) is 9.27. The molecule has 10 nitrogen and oxygen atoms in total. The van der Waals surface area contributed by atoms with Crippen LogP contribution in [0.2, 0.25) is 0 Å². The average molecular weight is 634 g/mol. The molecule has 2 atom stereocenters. The maximum absolute atomic E-state index is 12.9. The van der Waals surface area contributed by atoms with Crippen LogP contribution in [0.25, 0.3) is 33.5 Å². The zero-order valence-electron chi connectivity index (χ0n) is 26.9. The summed E-state index contributed by atoms with van der Waals surface area (Å²) in [5.41, 5.74) is 8.97. The molecule has 2 saturated heterocycles. The van der Waals surface area contributed by atoms with Crippen molar-refractivity contribution in [3.05, 3.63) is 83.8 Å². The highest BCUT2D eigenvalue weighted by molar-refractivity contribution is 5.97. The highest BCUT2D eigenvalue weighted by Crippen LogP contribution is 2.40. The monoisotopic (exact) mass is 633 g/mol. The molecule has 2 unspecified atom stereocenters. The van der Waals surface area contributed by atoms with Crippen molar-refractivity contribution in [1.29, 1.82) is 0 Å². The van der Waals surface area contributed by atoms with Crippen LogP contribution in [-0.2, 0) is 16.0 Å². The zero-order valence-corrected chi connectivity index (χ0v) is 26.9. The second-order valence-electron chi connectivity index (χ2n) is 13.6. The Bertz CT molecular complexity index is 1860. The van der Waals surface area contributed by atoms with Gasteiger partial charge < -0.3 is 20.1 Å². The number of rotatable bonds is 5. The fourth-order valence-electron chi connectivity index (χ4n) is 7.05. The minimum Gasteiger partial charge on any atom is -0.465 e. The molecule has 242 valence electrons. The van der Waals surface area contributed by atoms with Gasteiger partial charge in [-0.15, -0.1) is 0 Å². The average Bonchev–Trinajstić information content (AvgIpc) is 3.85. The highest BCUT2D eigenvalue weighted by atomic mass is 16.6. The van der Waals surface area contributed by atoms with E-state index in [1.54, 1.807) is 4.90 Å². The Labute approximate surface area is 273 Å². The minimum atomic E-state index is -1.06. The van der Waals surface area contributed by atoms with E-state index in [0.29, 0.717) is 31.6 Å². The lowest BCUT2D eigenvalue weighted by atomic mass is 9.98. The van der Waals surface area contributed by atoms with Crippen LogP contribution >= 0.6 is 0 Å². The first kappa shape index (κ1) is 30.5. The van der Waals surface area contributed by atoms with Gasteiger partial charge in [-0.25, -0.2) is 14.6 Å². The Kier molecular flexibility index (Phi) is 7.74. The van der Waals surface area contributed by atoms with E-state index < -0.39 is 17.7 Å². The van der Waals surface area contributed by atoms with Gasteiger partial charge in [0.05, 0.1) is 17.9 Å². The third-order valence-corrected chi connectivity index (χ3v) is 9.27. The standard InChI is InChI=1S/C37H39N5O5/c1-37(2,3)47-36(46)42-17-4-6-31(42)33-38-21-30(40-33)23-10-8-22(9-11-23)24-12-14-28-25(18-24)19-26-20-27(13-15-29(26)28)39-34(43)32-7-5-16-41(32)35(44)45/h8-15,18,20-21,31-32H,4-7,16-17,19H2,1-3H3,(H,38,40)(H,39,43)(H,44,45). The molecule has 0 radical (unpaired) electrons. The number of amides is 3. The SMILES string of the molecule is CC(C)(C)OC(=O)N1CCCC1c1ncc(-c2ccc(-c3ccc4c(c3)Cc3cc(NC(=O)C5CCCN5C(=O)O)ccc3-4)cc2)[nH]1.